The summed E-state index contributed by atoms with van der Waals surface area (Å²) in [5, 5.41) is 3.36. The van der Waals surface area contributed by atoms with Gasteiger partial charge in [0.05, 0.1) is 13.2 Å². The van der Waals surface area contributed by atoms with Crippen LogP contribution >= 0.6 is 0 Å². The van der Waals surface area contributed by atoms with E-state index in [1.54, 1.807) is 0 Å². The first kappa shape index (κ1) is 12.2. The molecule has 0 amide bonds. The van der Waals surface area contributed by atoms with Crippen LogP contribution in [-0.2, 0) is 6.54 Å². The number of hydrogen-bond donors (Lipinski definition) is 2. The third-order valence-electron chi connectivity index (χ3n) is 2.73. The Kier molecular flexibility index (Phi) is 4.64. The number of para-hydroxylation sites is 1. The Morgan fingerprint density at radius 1 is 1.24 bits per heavy atom. The van der Waals surface area contributed by atoms with Crippen molar-refractivity contribution >= 4 is 0 Å². The Hall–Kier alpha value is -1.26. The smallest absolute Gasteiger partial charge is 0.165 e. The van der Waals surface area contributed by atoms with E-state index in [4.69, 9.17) is 15.2 Å². The quantitative estimate of drug-likeness (QED) is 0.756. The Balaban J connectivity index is 2.01. The minimum atomic E-state index is 0.722. The lowest BCUT2D eigenvalue weighted by atomic mass is 10.2. The summed E-state index contributed by atoms with van der Waals surface area (Å²) in [4.78, 5) is 0. The second kappa shape index (κ2) is 6.47. The van der Waals surface area contributed by atoms with E-state index in [9.17, 15) is 0 Å². The van der Waals surface area contributed by atoms with Gasteiger partial charge in [-0.3, -0.25) is 0 Å². The first-order valence-electron chi connectivity index (χ1n) is 6.20. The maximum atomic E-state index is 5.75. The van der Waals surface area contributed by atoms with Gasteiger partial charge < -0.3 is 20.5 Å². The maximum absolute atomic E-state index is 5.75. The third kappa shape index (κ3) is 3.35. The highest BCUT2D eigenvalue weighted by atomic mass is 16.5. The Morgan fingerprint density at radius 3 is 3.00 bits per heavy atom. The number of rotatable bonds is 5. The lowest BCUT2D eigenvalue weighted by Crippen LogP contribution is -2.18. The van der Waals surface area contributed by atoms with Gasteiger partial charge in [-0.1, -0.05) is 12.1 Å². The molecule has 2 rings (SSSR count). The van der Waals surface area contributed by atoms with E-state index in [-0.39, 0.29) is 0 Å². The van der Waals surface area contributed by atoms with E-state index < -0.39 is 0 Å². The van der Waals surface area contributed by atoms with Crippen LogP contribution in [0.2, 0.25) is 0 Å². The highest BCUT2D eigenvalue weighted by Crippen LogP contribution is 2.32. The van der Waals surface area contributed by atoms with Gasteiger partial charge in [0.25, 0.3) is 0 Å². The molecule has 0 saturated heterocycles. The topological polar surface area (TPSA) is 56.5 Å². The van der Waals surface area contributed by atoms with Crippen molar-refractivity contribution in [1.29, 1.82) is 0 Å². The molecular formula is C13H20N2O2. The first-order valence-corrected chi connectivity index (χ1v) is 6.20. The molecule has 0 aliphatic carbocycles. The molecule has 0 unspecified atom stereocenters. The van der Waals surface area contributed by atoms with Crippen molar-refractivity contribution in [3.63, 3.8) is 0 Å². The van der Waals surface area contributed by atoms with E-state index >= 15 is 0 Å². The van der Waals surface area contributed by atoms with Gasteiger partial charge in [-0.2, -0.15) is 0 Å². The van der Waals surface area contributed by atoms with Crippen LogP contribution in [0.1, 0.15) is 18.4 Å². The van der Waals surface area contributed by atoms with Crippen LogP contribution in [0.25, 0.3) is 0 Å². The molecule has 17 heavy (non-hydrogen) atoms. The fourth-order valence-corrected chi connectivity index (χ4v) is 1.84. The van der Waals surface area contributed by atoms with Crippen molar-refractivity contribution in [2.24, 2.45) is 5.73 Å². The molecule has 3 N–H and O–H groups in total. The number of benzene rings is 1. The number of nitrogens with one attached hydrogen (secondary N) is 1. The third-order valence-corrected chi connectivity index (χ3v) is 2.73. The highest BCUT2D eigenvalue weighted by Gasteiger charge is 2.13. The summed E-state index contributed by atoms with van der Waals surface area (Å²) >= 11 is 0. The van der Waals surface area contributed by atoms with Crippen molar-refractivity contribution in [3.8, 4) is 11.5 Å². The van der Waals surface area contributed by atoms with Gasteiger partial charge in [0, 0.05) is 18.5 Å². The van der Waals surface area contributed by atoms with Gasteiger partial charge in [0.2, 0.25) is 0 Å². The summed E-state index contributed by atoms with van der Waals surface area (Å²) in [6, 6.07) is 6.04. The average molecular weight is 236 g/mol. The second-order valence-corrected chi connectivity index (χ2v) is 4.11. The molecule has 1 aromatic rings. The summed E-state index contributed by atoms with van der Waals surface area (Å²) in [6.45, 7) is 3.91. The number of ether oxygens (including phenoxy) is 2. The lowest BCUT2D eigenvalue weighted by Gasteiger charge is -2.12. The molecule has 1 heterocycles. The minimum absolute atomic E-state index is 0.722. The monoisotopic (exact) mass is 236 g/mol. The first-order chi connectivity index (χ1) is 8.42. The summed E-state index contributed by atoms with van der Waals surface area (Å²) in [5.41, 5.74) is 6.61. The van der Waals surface area contributed by atoms with Crippen molar-refractivity contribution in [2.75, 3.05) is 26.3 Å². The van der Waals surface area contributed by atoms with Gasteiger partial charge in [0.15, 0.2) is 11.5 Å². The van der Waals surface area contributed by atoms with Crippen molar-refractivity contribution < 1.29 is 9.47 Å². The normalized spacial score (nSPS) is 14.4. The van der Waals surface area contributed by atoms with E-state index in [0.29, 0.717) is 0 Å². The summed E-state index contributed by atoms with van der Waals surface area (Å²) in [5.74, 6) is 1.76. The fraction of sp³-hybridized carbons (Fsp3) is 0.538. The second-order valence-electron chi connectivity index (χ2n) is 4.11. The number of fused-ring (bicyclic) bond motifs is 1. The van der Waals surface area contributed by atoms with Crippen LogP contribution < -0.4 is 20.5 Å². The molecule has 1 aliphatic heterocycles. The van der Waals surface area contributed by atoms with Crippen LogP contribution in [0.4, 0.5) is 0 Å². The van der Waals surface area contributed by atoms with Crippen molar-refractivity contribution in [1.82, 2.24) is 5.32 Å². The molecule has 1 aliphatic rings. The molecule has 4 heteroatoms. The zero-order valence-electron chi connectivity index (χ0n) is 10.1. The Labute approximate surface area is 102 Å². The van der Waals surface area contributed by atoms with E-state index in [0.717, 1.165) is 62.8 Å². The van der Waals surface area contributed by atoms with E-state index in [1.807, 2.05) is 12.1 Å². The molecule has 0 aromatic heterocycles. The SMILES string of the molecule is NCCCNCc1cccc2c1OCCCO2. The van der Waals surface area contributed by atoms with Crippen LogP contribution in [0.3, 0.4) is 0 Å². The fourth-order valence-electron chi connectivity index (χ4n) is 1.84. The molecule has 0 saturated carbocycles. The highest BCUT2D eigenvalue weighted by molar-refractivity contribution is 5.46. The molecule has 1 aromatic carbocycles. The van der Waals surface area contributed by atoms with E-state index in [1.165, 1.54) is 0 Å². The zero-order valence-corrected chi connectivity index (χ0v) is 10.1. The zero-order chi connectivity index (χ0) is 11.9. The van der Waals surface area contributed by atoms with Gasteiger partial charge in [-0.25, -0.2) is 0 Å². The largest absolute Gasteiger partial charge is 0.490 e. The Bertz CT molecular complexity index is 355. The molecule has 0 bridgehead atoms. The summed E-state index contributed by atoms with van der Waals surface area (Å²) in [6.07, 6.45) is 1.93. The van der Waals surface area contributed by atoms with Crippen molar-refractivity contribution in [2.45, 2.75) is 19.4 Å². The molecule has 0 fully saturated rings. The molecule has 0 radical (unpaired) electrons. The van der Waals surface area contributed by atoms with Crippen LogP contribution in [0.15, 0.2) is 18.2 Å². The van der Waals surface area contributed by atoms with Crippen LogP contribution in [0.5, 0.6) is 11.5 Å². The van der Waals surface area contributed by atoms with Crippen molar-refractivity contribution in [3.05, 3.63) is 23.8 Å². The molecular weight excluding hydrogens is 216 g/mol. The molecule has 94 valence electrons. The predicted octanol–water partition coefficient (Wildman–Crippen LogP) is 1.29. The summed E-state index contributed by atoms with van der Waals surface area (Å²) < 4.78 is 11.4. The number of hydrogen-bond acceptors (Lipinski definition) is 4. The van der Waals surface area contributed by atoms with Gasteiger partial charge >= 0.3 is 0 Å². The lowest BCUT2D eigenvalue weighted by molar-refractivity contribution is 0.296. The van der Waals surface area contributed by atoms with Gasteiger partial charge in [-0.15, -0.1) is 0 Å². The number of nitrogens with two attached hydrogens (primary N) is 1. The standard InChI is InChI=1S/C13H20N2O2/c14-6-2-7-15-10-11-4-1-5-12-13(11)17-9-3-8-16-12/h1,4-5,15H,2-3,6-10,14H2. The maximum Gasteiger partial charge on any atom is 0.165 e. The predicted molar refractivity (Wildman–Crippen MR) is 67.4 cm³/mol. The molecule has 0 spiro atoms. The average Bonchev–Trinajstić information content (AvgIpc) is 2.60. The van der Waals surface area contributed by atoms with Gasteiger partial charge in [-0.05, 0) is 25.6 Å². The van der Waals surface area contributed by atoms with Gasteiger partial charge in [0.1, 0.15) is 0 Å². The van der Waals surface area contributed by atoms with Crippen LogP contribution in [0, 0.1) is 0 Å². The van der Waals surface area contributed by atoms with E-state index in [2.05, 4.69) is 11.4 Å². The summed E-state index contributed by atoms with van der Waals surface area (Å²) in [7, 11) is 0. The Morgan fingerprint density at radius 2 is 2.12 bits per heavy atom. The molecule has 0 atom stereocenters. The van der Waals surface area contributed by atoms with Crippen LogP contribution in [-0.4, -0.2) is 26.3 Å². The minimum Gasteiger partial charge on any atom is -0.490 e. The molecule has 4 nitrogen and oxygen atoms in total.